The van der Waals surface area contributed by atoms with Gasteiger partial charge in [-0.2, -0.15) is 0 Å². The van der Waals surface area contributed by atoms with Gasteiger partial charge >= 0.3 is 0 Å². The molecule has 0 aliphatic carbocycles. The highest BCUT2D eigenvalue weighted by Crippen LogP contribution is 2.32. The van der Waals surface area contributed by atoms with Crippen LogP contribution in [0, 0.1) is 0 Å². The molecule has 0 spiro atoms. The number of benzene rings is 2. The summed E-state index contributed by atoms with van der Waals surface area (Å²) in [5.74, 6) is 1.85. The van der Waals surface area contributed by atoms with Crippen LogP contribution in [0.1, 0.15) is 19.4 Å². The van der Waals surface area contributed by atoms with Crippen LogP contribution in [0.5, 0.6) is 5.75 Å². The Bertz CT molecular complexity index is 882. The van der Waals surface area contributed by atoms with Crippen molar-refractivity contribution in [2.45, 2.75) is 20.3 Å². The first-order valence-electron chi connectivity index (χ1n) is 8.67. The molecule has 1 heterocycles. The van der Waals surface area contributed by atoms with Gasteiger partial charge in [0.15, 0.2) is 11.6 Å². The van der Waals surface area contributed by atoms with E-state index in [1.165, 1.54) is 11.9 Å². The average Bonchev–Trinajstić information content (AvgIpc) is 2.67. The Balaban J connectivity index is 1.88. The van der Waals surface area contributed by atoms with E-state index in [0.29, 0.717) is 23.9 Å². The lowest BCUT2D eigenvalue weighted by atomic mass is 10.1. The fraction of sp³-hybridized carbons (Fsp3) is 0.200. The van der Waals surface area contributed by atoms with E-state index >= 15 is 0 Å². The van der Waals surface area contributed by atoms with Crippen LogP contribution in [0.15, 0.2) is 54.9 Å². The van der Waals surface area contributed by atoms with Crippen LogP contribution >= 0.6 is 0 Å². The Kier molecular flexibility index (Phi) is 5.53. The van der Waals surface area contributed by atoms with Crippen LogP contribution in [-0.4, -0.2) is 16.6 Å². The molecule has 4 N–H and O–H groups in total. The number of rotatable bonds is 7. The summed E-state index contributed by atoms with van der Waals surface area (Å²) in [6.07, 6.45) is 2.40. The van der Waals surface area contributed by atoms with E-state index in [1.807, 2.05) is 49.4 Å². The topological polar surface area (TPSA) is 85.1 Å². The summed E-state index contributed by atoms with van der Waals surface area (Å²) in [6.45, 7) is 4.64. The number of nitrogens with two attached hydrogens (primary N) is 1. The van der Waals surface area contributed by atoms with Gasteiger partial charge in [0.2, 0.25) is 0 Å². The molecule has 26 heavy (non-hydrogen) atoms. The van der Waals surface area contributed by atoms with Gasteiger partial charge in [-0.05, 0) is 37.1 Å². The van der Waals surface area contributed by atoms with Crippen molar-refractivity contribution in [3.63, 3.8) is 0 Å². The number of nitrogens with one attached hydrogen (secondary N) is 2. The highest BCUT2D eigenvalue weighted by molar-refractivity contribution is 5.81. The molecule has 0 aliphatic heterocycles. The summed E-state index contributed by atoms with van der Waals surface area (Å²) in [4.78, 5) is 8.57. The van der Waals surface area contributed by atoms with Gasteiger partial charge in [-0.15, -0.1) is 0 Å². The average molecular weight is 349 g/mol. The second-order valence-corrected chi connectivity index (χ2v) is 5.67. The van der Waals surface area contributed by atoms with Crippen molar-refractivity contribution in [1.29, 1.82) is 0 Å². The van der Waals surface area contributed by atoms with Crippen LogP contribution in [0.25, 0.3) is 0 Å². The molecule has 0 aliphatic rings. The Morgan fingerprint density at radius 2 is 1.50 bits per heavy atom. The molecule has 3 aromatic rings. The quantitative estimate of drug-likeness (QED) is 0.582. The van der Waals surface area contributed by atoms with E-state index in [2.05, 4.69) is 33.6 Å². The number of aromatic nitrogens is 2. The standard InChI is InChI=1S/C20H23N5O/c1-3-14-9-5-6-10-15(14)24-19-18(21)20(23-13-22-19)25-16-11-7-8-12-17(16)26-4-2/h5-13H,3-4,21H2,1-2H3,(H2,22,23,24,25). The first-order chi connectivity index (χ1) is 12.7. The van der Waals surface area contributed by atoms with Crippen LogP contribution in [-0.2, 0) is 6.42 Å². The van der Waals surface area contributed by atoms with E-state index < -0.39 is 0 Å². The van der Waals surface area contributed by atoms with Gasteiger partial charge < -0.3 is 21.1 Å². The summed E-state index contributed by atoms with van der Waals surface area (Å²) in [5.41, 5.74) is 9.74. The van der Waals surface area contributed by atoms with Gasteiger partial charge in [0.05, 0.1) is 12.3 Å². The Morgan fingerprint density at radius 1 is 0.885 bits per heavy atom. The van der Waals surface area contributed by atoms with Crippen molar-refractivity contribution in [3.8, 4) is 5.75 Å². The van der Waals surface area contributed by atoms with E-state index in [-0.39, 0.29) is 0 Å². The summed E-state index contributed by atoms with van der Waals surface area (Å²) in [7, 11) is 0. The van der Waals surface area contributed by atoms with E-state index in [0.717, 1.165) is 23.5 Å². The fourth-order valence-electron chi connectivity index (χ4n) is 2.65. The number of nitrogen functional groups attached to an aromatic ring is 1. The Labute approximate surface area is 153 Å². The lowest BCUT2D eigenvalue weighted by Gasteiger charge is -2.16. The molecule has 0 atom stereocenters. The number of ether oxygens (including phenoxy) is 1. The number of anilines is 5. The molecule has 0 unspecified atom stereocenters. The minimum atomic E-state index is 0.449. The second-order valence-electron chi connectivity index (χ2n) is 5.67. The van der Waals surface area contributed by atoms with Crippen molar-refractivity contribution in [3.05, 3.63) is 60.4 Å². The highest BCUT2D eigenvalue weighted by atomic mass is 16.5. The van der Waals surface area contributed by atoms with Gasteiger partial charge in [0.1, 0.15) is 17.8 Å². The molecule has 0 saturated carbocycles. The second kappa shape index (κ2) is 8.20. The first-order valence-corrected chi connectivity index (χ1v) is 8.67. The maximum absolute atomic E-state index is 6.30. The van der Waals surface area contributed by atoms with E-state index in [9.17, 15) is 0 Å². The summed E-state index contributed by atoms with van der Waals surface area (Å²) < 4.78 is 5.64. The van der Waals surface area contributed by atoms with Crippen LogP contribution in [0.4, 0.5) is 28.7 Å². The Hall–Kier alpha value is -3.28. The number of nitrogens with zero attached hydrogens (tertiary/aromatic N) is 2. The van der Waals surface area contributed by atoms with Gasteiger partial charge in [-0.1, -0.05) is 37.3 Å². The molecule has 2 aromatic carbocycles. The largest absolute Gasteiger partial charge is 0.492 e. The van der Waals surface area contributed by atoms with E-state index in [1.54, 1.807) is 0 Å². The molecule has 0 amide bonds. The molecule has 0 saturated heterocycles. The van der Waals surface area contributed by atoms with Gasteiger partial charge in [0, 0.05) is 5.69 Å². The minimum Gasteiger partial charge on any atom is -0.492 e. The van der Waals surface area contributed by atoms with Crippen LogP contribution in [0.3, 0.4) is 0 Å². The smallest absolute Gasteiger partial charge is 0.159 e. The number of hydrogen-bond acceptors (Lipinski definition) is 6. The highest BCUT2D eigenvalue weighted by Gasteiger charge is 2.12. The van der Waals surface area contributed by atoms with Gasteiger partial charge in [-0.3, -0.25) is 0 Å². The maximum Gasteiger partial charge on any atom is 0.159 e. The number of aryl methyl sites for hydroxylation is 1. The summed E-state index contributed by atoms with van der Waals surface area (Å²) in [5, 5.41) is 6.55. The molecular formula is C20H23N5O. The third-order valence-electron chi connectivity index (χ3n) is 3.98. The predicted octanol–water partition coefficient (Wildman–Crippen LogP) is 4.51. The zero-order valence-electron chi connectivity index (χ0n) is 15.0. The maximum atomic E-state index is 6.30. The minimum absolute atomic E-state index is 0.449. The van der Waals surface area contributed by atoms with Crippen molar-refractivity contribution in [2.75, 3.05) is 23.0 Å². The summed E-state index contributed by atoms with van der Waals surface area (Å²) >= 11 is 0. The third kappa shape index (κ3) is 3.85. The normalized spacial score (nSPS) is 10.4. The van der Waals surface area contributed by atoms with Crippen LogP contribution < -0.4 is 21.1 Å². The van der Waals surface area contributed by atoms with Gasteiger partial charge in [-0.25, -0.2) is 9.97 Å². The van der Waals surface area contributed by atoms with E-state index in [4.69, 9.17) is 10.5 Å². The molecule has 6 nitrogen and oxygen atoms in total. The molecule has 0 bridgehead atoms. The molecule has 6 heteroatoms. The monoisotopic (exact) mass is 349 g/mol. The van der Waals surface area contributed by atoms with Gasteiger partial charge in [0.25, 0.3) is 0 Å². The zero-order valence-corrected chi connectivity index (χ0v) is 15.0. The zero-order chi connectivity index (χ0) is 18.4. The summed E-state index contributed by atoms with van der Waals surface area (Å²) in [6, 6.07) is 15.8. The Morgan fingerprint density at radius 3 is 2.19 bits per heavy atom. The SMILES string of the molecule is CCOc1ccccc1Nc1ncnc(Nc2ccccc2CC)c1N. The van der Waals surface area contributed by atoms with Crippen LogP contribution in [0.2, 0.25) is 0 Å². The first kappa shape index (κ1) is 17.5. The lowest BCUT2D eigenvalue weighted by molar-refractivity contribution is 0.342. The molecular weight excluding hydrogens is 326 g/mol. The molecule has 1 aromatic heterocycles. The van der Waals surface area contributed by atoms with Crippen molar-refractivity contribution in [1.82, 2.24) is 9.97 Å². The van der Waals surface area contributed by atoms with Crippen molar-refractivity contribution < 1.29 is 4.74 Å². The fourth-order valence-corrected chi connectivity index (χ4v) is 2.65. The lowest BCUT2D eigenvalue weighted by Crippen LogP contribution is -2.06. The van der Waals surface area contributed by atoms with Crippen molar-refractivity contribution in [2.24, 2.45) is 0 Å². The molecule has 0 radical (unpaired) electrons. The van der Waals surface area contributed by atoms with Crippen molar-refractivity contribution >= 4 is 28.7 Å². The predicted molar refractivity (Wildman–Crippen MR) is 106 cm³/mol. The number of para-hydroxylation sites is 3. The third-order valence-corrected chi connectivity index (χ3v) is 3.98. The number of hydrogen-bond donors (Lipinski definition) is 3. The molecule has 3 rings (SSSR count). The molecule has 134 valence electrons. The molecule has 0 fully saturated rings.